The van der Waals surface area contributed by atoms with Gasteiger partial charge in [-0.05, 0) is 110 Å². The van der Waals surface area contributed by atoms with Gasteiger partial charge in [-0.3, -0.25) is 9.59 Å². The third-order valence-electron chi connectivity index (χ3n) is 6.32. The Bertz CT molecular complexity index is 1240. The molecule has 13 heteroatoms. The molecule has 0 radical (unpaired) electrons. The standard InChI is InChI=1S/C27H32Br2IN3O7/c1-4-5-6-39-13(2)22-26(36)32-20(27(37)38-3)11-14-7-16(28)24(17(29)8-14)40-21-12-15(9-18(30)23(21)34)10-19(31)25(35)33-22/h7-9,12-13,19-20,22,34H,4-6,10-11,31H2,1-3H3,(H,32,36)(H,33,35)/t13-,19+,20+,22+/m1/s1. The Morgan fingerprint density at radius 3 is 2.42 bits per heavy atom. The van der Waals surface area contributed by atoms with E-state index in [1.54, 1.807) is 31.2 Å². The zero-order valence-electron chi connectivity index (χ0n) is 22.3. The van der Waals surface area contributed by atoms with Gasteiger partial charge >= 0.3 is 5.97 Å². The number of nitrogens with two attached hydrogens (primary N) is 1. The highest BCUT2D eigenvalue weighted by molar-refractivity contribution is 14.1. The lowest BCUT2D eigenvalue weighted by Gasteiger charge is -2.27. The monoisotopic (exact) mass is 795 g/mol. The molecule has 0 unspecified atom stereocenters. The maximum atomic E-state index is 13.5. The van der Waals surface area contributed by atoms with E-state index in [1.807, 2.05) is 29.5 Å². The van der Waals surface area contributed by atoms with Gasteiger partial charge in [0.05, 0.1) is 31.8 Å². The fourth-order valence-corrected chi connectivity index (χ4v) is 6.22. The second-order valence-electron chi connectivity index (χ2n) is 9.43. The molecule has 0 saturated carbocycles. The molecule has 5 N–H and O–H groups in total. The predicted molar refractivity (Wildman–Crippen MR) is 164 cm³/mol. The number of esters is 1. The van der Waals surface area contributed by atoms with E-state index in [2.05, 4.69) is 42.5 Å². The van der Waals surface area contributed by atoms with E-state index >= 15 is 0 Å². The minimum atomic E-state index is -1.13. The normalized spacial score (nSPS) is 20.6. The van der Waals surface area contributed by atoms with E-state index in [4.69, 9.17) is 19.9 Å². The number of nitrogens with one attached hydrogen (secondary N) is 2. The molecule has 2 aliphatic heterocycles. The number of amides is 2. The quantitative estimate of drug-likeness (QED) is 0.194. The van der Waals surface area contributed by atoms with Gasteiger partial charge in [-0.2, -0.15) is 0 Å². The minimum absolute atomic E-state index is 0.0677. The van der Waals surface area contributed by atoms with Gasteiger partial charge in [-0.25, -0.2) is 4.79 Å². The van der Waals surface area contributed by atoms with Crippen LogP contribution >= 0.6 is 54.5 Å². The summed E-state index contributed by atoms with van der Waals surface area (Å²) in [6.07, 6.45) is 1.15. The maximum Gasteiger partial charge on any atom is 0.328 e. The molecule has 0 aliphatic carbocycles. The molecule has 4 bridgehead atoms. The Morgan fingerprint density at radius 2 is 1.80 bits per heavy atom. The van der Waals surface area contributed by atoms with Crippen LogP contribution in [0, 0.1) is 3.57 Å². The fraction of sp³-hybridized carbons (Fsp3) is 0.444. The summed E-state index contributed by atoms with van der Waals surface area (Å²) in [6.45, 7) is 4.09. The van der Waals surface area contributed by atoms with Gasteiger partial charge in [0, 0.05) is 13.0 Å². The van der Waals surface area contributed by atoms with Crippen LogP contribution < -0.4 is 21.1 Å². The molecule has 2 aliphatic rings. The van der Waals surface area contributed by atoms with E-state index in [0.29, 0.717) is 36.0 Å². The van der Waals surface area contributed by atoms with Crippen LogP contribution in [0.25, 0.3) is 0 Å². The number of phenols is 1. The average molecular weight is 797 g/mol. The summed E-state index contributed by atoms with van der Waals surface area (Å²) >= 11 is 8.99. The molecule has 2 amide bonds. The predicted octanol–water partition coefficient (Wildman–Crippen LogP) is 4.09. The van der Waals surface area contributed by atoms with Crippen molar-refractivity contribution < 1.29 is 33.7 Å². The Balaban J connectivity index is 2.09. The van der Waals surface area contributed by atoms with Crippen molar-refractivity contribution in [3.05, 3.63) is 47.9 Å². The summed E-state index contributed by atoms with van der Waals surface area (Å²) in [4.78, 5) is 39.4. The van der Waals surface area contributed by atoms with Crippen LogP contribution in [-0.4, -0.2) is 60.8 Å². The third-order valence-corrected chi connectivity index (χ3v) is 8.32. The molecule has 218 valence electrons. The maximum absolute atomic E-state index is 13.5. The zero-order chi connectivity index (χ0) is 29.6. The van der Waals surface area contributed by atoms with Crippen LogP contribution in [-0.2, 0) is 36.7 Å². The van der Waals surface area contributed by atoms with Crippen LogP contribution in [0.1, 0.15) is 37.8 Å². The van der Waals surface area contributed by atoms with Crippen molar-refractivity contribution in [3.63, 3.8) is 0 Å². The van der Waals surface area contributed by atoms with Gasteiger partial charge in [0.15, 0.2) is 17.2 Å². The second-order valence-corrected chi connectivity index (χ2v) is 12.3. The Kier molecular flexibility index (Phi) is 12.1. The van der Waals surface area contributed by atoms with Crippen molar-refractivity contribution in [3.8, 4) is 17.2 Å². The number of ether oxygens (including phenoxy) is 3. The fourth-order valence-electron chi connectivity index (χ4n) is 4.11. The van der Waals surface area contributed by atoms with Crippen LogP contribution in [0.15, 0.2) is 33.2 Å². The Labute approximate surface area is 263 Å². The lowest BCUT2D eigenvalue weighted by Crippen LogP contribution is -2.59. The second kappa shape index (κ2) is 14.8. The molecular formula is C27H32Br2IN3O7. The van der Waals surface area contributed by atoms with Crippen molar-refractivity contribution in [1.82, 2.24) is 10.6 Å². The first-order valence-corrected chi connectivity index (χ1v) is 15.3. The number of carbonyl (C=O) groups is 3. The van der Waals surface area contributed by atoms with E-state index in [0.717, 1.165) is 12.8 Å². The summed E-state index contributed by atoms with van der Waals surface area (Å²) in [6, 6.07) is 3.60. The number of hydrogen-bond acceptors (Lipinski definition) is 8. The van der Waals surface area contributed by atoms with Gasteiger partial charge in [0.2, 0.25) is 11.8 Å². The summed E-state index contributed by atoms with van der Waals surface area (Å²) in [7, 11) is 1.23. The van der Waals surface area contributed by atoms with Gasteiger partial charge < -0.3 is 35.7 Å². The molecule has 0 fully saturated rings. The van der Waals surface area contributed by atoms with E-state index in [1.165, 1.54) is 7.11 Å². The van der Waals surface area contributed by atoms with E-state index < -0.39 is 42.0 Å². The number of rotatable bonds is 6. The lowest BCUT2D eigenvalue weighted by atomic mass is 10.0. The highest BCUT2D eigenvalue weighted by Crippen LogP contribution is 2.42. The molecular weight excluding hydrogens is 765 g/mol. The number of hydrogen-bond donors (Lipinski definition) is 4. The molecule has 10 nitrogen and oxygen atoms in total. The van der Waals surface area contributed by atoms with Gasteiger partial charge in [-0.15, -0.1) is 0 Å². The lowest BCUT2D eigenvalue weighted by molar-refractivity contribution is -0.146. The molecule has 40 heavy (non-hydrogen) atoms. The average Bonchev–Trinajstić information content (AvgIpc) is 2.90. The van der Waals surface area contributed by atoms with Crippen molar-refractivity contribution in [1.29, 1.82) is 0 Å². The first-order valence-electron chi connectivity index (χ1n) is 12.7. The zero-order valence-corrected chi connectivity index (χ0v) is 27.6. The van der Waals surface area contributed by atoms with Crippen LogP contribution in [0.5, 0.6) is 17.2 Å². The van der Waals surface area contributed by atoms with E-state index in [9.17, 15) is 19.5 Å². The van der Waals surface area contributed by atoms with Gasteiger partial charge in [0.1, 0.15) is 12.1 Å². The third kappa shape index (κ3) is 8.30. The summed E-state index contributed by atoms with van der Waals surface area (Å²) in [5.74, 6) is -1.35. The van der Waals surface area contributed by atoms with Gasteiger partial charge in [0.25, 0.3) is 0 Å². The smallest absolute Gasteiger partial charge is 0.328 e. The first-order chi connectivity index (χ1) is 18.9. The number of benzene rings is 2. The number of methoxy groups -OCH3 is 1. The van der Waals surface area contributed by atoms with Gasteiger partial charge in [-0.1, -0.05) is 13.3 Å². The van der Waals surface area contributed by atoms with Crippen LogP contribution in [0.4, 0.5) is 0 Å². The molecule has 2 aromatic carbocycles. The highest BCUT2D eigenvalue weighted by Gasteiger charge is 2.33. The Morgan fingerprint density at radius 1 is 1.15 bits per heavy atom. The number of halogens is 3. The Hall–Kier alpha value is -1.94. The number of aromatic hydroxyl groups is 1. The van der Waals surface area contributed by atoms with Crippen LogP contribution in [0.2, 0.25) is 0 Å². The van der Waals surface area contributed by atoms with Crippen molar-refractivity contribution in [2.24, 2.45) is 5.73 Å². The van der Waals surface area contributed by atoms with Crippen molar-refractivity contribution in [2.45, 2.75) is 63.8 Å². The number of fused-ring (bicyclic) bond motifs is 10. The molecule has 4 atom stereocenters. The SMILES string of the molecule is CCCCO[C@H](C)[C@@H]1NC(=O)[C@@H](N)Cc2cc(I)c(O)c(c2)Oc2c(Br)cc(cc2Br)C[C@@H](C(=O)OC)NC1=O. The van der Waals surface area contributed by atoms with Crippen molar-refractivity contribution in [2.75, 3.05) is 13.7 Å². The molecule has 0 spiro atoms. The van der Waals surface area contributed by atoms with Crippen molar-refractivity contribution >= 4 is 72.2 Å². The molecule has 2 aromatic rings. The molecule has 0 saturated heterocycles. The summed E-state index contributed by atoms with van der Waals surface area (Å²) < 4.78 is 18.5. The van der Waals surface area contributed by atoms with E-state index in [-0.39, 0.29) is 24.3 Å². The van der Waals surface area contributed by atoms with Crippen LogP contribution in [0.3, 0.4) is 0 Å². The molecule has 2 heterocycles. The summed E-state index contributed by atoms with van der Waals surface area (Å²) in [5, 5.41) is 16.1. The molecule has 0 aromatic heterocycles. The highest BCUT2D eigenvalue weighted by atomic mass is 127. The summed E-state index contributed by atoms with van der Waals surface area (Å²) in [5.41, 5.74) is 7.58. The number of carbonyl (C=O) groups excluding carboxylic acids is 3. The largest absolute Gasteiger partial charge is 0.504 e. The molecule has 4 rings (SSSR count). The first kappa shape index (κ1) is 32.6. The number of unbranched alkanes of at least 4 members (excludes halogenated alkanes) is 1. The topological polar surface area (TPSA) is 149 Å². The minimum Gasteiger partial charge on any atom is -0.504 e. The number of phenolic OH excluding ortho intramolecular Hbond substituents is 1.